The molecule has 1 atom stereocenters. The van der Waals surface area contributed by atoms with E-state index in [1.54, 1.807) is 0 Å². The fourth-order valence-corrected chi connectivity index (χ4v) is 2.71. The van der Waals surface area contributed by atoms with E-state index in [4.69, 9.17) is 0 Å². The number of benzene rings is 1. The second-order valence-electron chi connectivity index (χ2n) is 5.40. The van der Waals surface area contributed by atoms with E-state index in [1.165, 1.54) is 0 Å². The van der Waals surface area contributed by atoms with Gasteiger partial charge in [-0.25, -0.2) is 0 Å². The molecule has 0 bridgehead atoms. The van der Waals surface area contributed by atoms with Crippen molar-refractivity contribution in [1.29, 1.82) is 0 Å². The molecule has 114 valence electrons. The van der Waals surface area contributed by atoms with E-state index in [9.17, 15) is 14.7 Å². The van der Waals surface area contributed by atoms with Crippen LogP contribution in [0, 0.1) is 0 Å². The first-order valence-electron chi connectivity index (χ1n) is 7.48. The molecule has 0 aromatic heterocycles. The molecule has 1 aromatic rings. The topological polar surface area (TPSA) is 69.6 Å². The minimum absolute atomic E-state index is 0.0745. The van der Waals surface area contributed by atoms with Crippen molar-refractivity contribution in [3.05, 3.63) is 30.3 Å². The number of nitrogens with zero attached hydrogens (tertiary/aromatic N) is 1. The number of hydrogen-bond acceptors (Lipinski definition) is 3. The van der Waals surface area contributed by atoms with E-state index in [0.29, 0.717) is 19.4 Å². The zero-order chi connectivity index (χ0) is 15.1. The van der Waals surface area contributed by atoms with Crippen molar-refractivity contribution >= 4 is 17.6 Å². The SMILES string of the molecule is O=C(CCN1CCCCCC1C(=O)O)Nc1ccccc1. The van der Waals surface area contributed by atoms with E-state index in [-0.39, 0.29) is 5.91 Å². The molecule has 5 heteroatoms. The summed E-state index contributed by atoms with van der Waals surface area (Å²) in [6, 6.07) is 8.85. The molecule has 1 aliphatic heterocycles. The Morgan fingerprint density at radius 3 is 2.67 bits per heavy atom. The molecule has 0 radical (unpaired) electrons. The van der Waals surface area contributed by atoms with Gasteiger partial charge in [-0.15, -0.1) is 0 Å². The van der Waals surface area contributed by atoms with Crippen LogP contribution in [0.5, 0.6) is 0 Å². The third kappa shape index (κ3) is 4.86. The maximum Gasteiger partial charge on any atom is 0.320 e. The van der Waals surface area contributed by atoms with Gasteiger partial charge in [0.05, 0.1) is 0 Å². The molecule has 0 aliphatic carbocycles. The first-order valence-corrected chi connectivity index (χ1v) is 7.48. The number of nitrogens with one attached hydrogen (secondary N) is 1. The number of carbonyl (C=O) groups excluding carboxylic acids is 1. The van der Waals surface area contributed by atoms with Crippen molar-refractivity contribution in [3.63, 3.8) is 0 Å². The number of likely N-dealkylation sites (tertiary alicyclic amines) is 1. The number of para-hydroxylation sites is 1. The Bertz CT molecular complexity index is 476. The largest absolute Gasteiger partial charge is 0.480 e. The predicted octanol–water partition coefficient (Wildman–Crippen LogP) is 2.34. The first kappa shape index (κ1) is 15.5. The summed E-state index contributed by atoms with van der Waals surface area (Å²) in [7, 11) is 0. The molecular weight excluding hydrogens is 268 g/mol. The van der Waals surface area contributed by atoms with Gasteiger partial charge in [0.1, 0.15) is 6.04 Å². The summed E-state index contributed by atoms with van der Waals surface area (Å²) in [5, 5.41) is 12.1. The summed E-state index contributed by atoms with van der Waals surface area (Å²) in [5.74, 6) is -0.852. The minimum atomic E-state index is -0.777. The van der Waals surface area contributed by atoms with Crippen molar-refractivity contribution in [2.24, 2.45) is 0 Å². The number of amides is 1. The number of carbonyl (C=O) groups is 2. The average Bonchev–Trinajstić information content (AvgIpc) is 2.71. The number of rotatable bonds is 5. The van der Waals surface area contributed by atoms with Gasteiger partial charge in [-0.3, -0.25) is 14.5 Å². The number of aliphatic carboxylic acids is 1. The van der Waals surface area contributed by atoms with Crippen LogP contribution in [0.25, 0.3) is 0 Å². The van der Waals surface area contributed by atoms with Gasteiger partial charge in [0.15, 0.2) is 0 Å². The fraction of sp³-hybridized carbons (Fsp3) is 0.500. The molecule has 2 rings (SSSR count). The second kappa shape index (κ2) is 7.78. The zero-order valence-electron chi connectivity index (χ0n) is 12.1. The van der Waals surface area contributed by atoms with Gasteiger partial charge in [-0.1, -0.05) is 31.0 Å². The maximum absolute atomic E-state index is 11.9. The van der Waals surface area contributed by atoms with Crippen LogP contribution < -0.4 is 5.32 Å². The zero-order valence-corrected chi connectivity index (χ0v) is 12.1. The lowest BCUT2D eigenvalue weighted by Gasteiger charge is -2.26. The average molecular weight is 290 g/mol. The quantitative estimate of drug-likeness (QED) is 0.873. The van der Waals surface area contributed by atoms with Gasteiger partial charge >= 0.3 is 5.97 Å². The normalized spacial score (nSPS) is 19.7. The van der Waals surface area contributed by atoms with Crippen LogP contribution in [0.1, 0.15) is 32.1 Å². The van der Waals surface area contributed by atoms with Crippen LogP contribution in [0.15, 0.2) is 30.3 Å². The van der Waals surface area contributed by atoms with Crippen LogP contribution in [0.2, 0.25) is 0 Å². The lowest BCUT2D eigenvalue weighted by molar-refractivity contribution is -0.143. The van der Waals surface area contributed by atoms with Gasteiger partial charge in [0.25, 0.3) is 0 Å². The monoisotopic (exact) mass is 290 g/mol. The lowest BCUT2D eigenvalue weighted by atomic mass is 10.1. The summed E-state index contributed by atoms with van der Waals surface area (Å²) in [4.78, 5) is 25.2. The molecule has 21 heavy (non-hydrogen) atoms. The molecule has 1 saturated heterocycles. The Morgan fingerprint density at radius 2 is 1.95 bits per heavy atom. The van der Waals surface area contributed by atoms with Gasteiger partial charge in [-0.2, -0.15) is 0 Å². The molecule has 1 aromatic carbocycles. The summed E-state index contributed by atoms with van der Waals surface area (Å²) >= 11 is 0. The third-order valence-corrected chi connectivity index (χ3v) is 3.83. The summed E-state index contributed by atoms with van der Waals surface area (Å²) in [6.45, 7) is 1.26. The minimum Gasteiger partial charge on any atom is -0.480 e. The van der Waals surface area contributed by atoms with Gasteiger partial charge < -0.3 is 10.4 Å². The van der Waals surface area contributed by atoms with Crippen LogP contribution in [-0.4, -0.2) is 41.0 Å². The number of carboxylic acids is 1. The van der Waals surface area contributed by atoms with E-state index < -0.39 is 12.0 Å². The maximum atomic E-state index is 11.9. The van der Waals surface area contributed by atoms with Crippen LogP contribution in [0.3, 0.4) is 0 Å². The van der Waals surface area contributed by atoms with Crippen LogP contribution in [-0.2, 0) is 9.59 Å². The van der Waals surface area contributed by atoms with Crippen molar-refractivity contribution in [2.45, 2.75) is 38.1 Å². The number of carboxylic acid groups (broad SMARTS) is 1. The lowest BCUT2D eigenvalue weighted by Crippen LogP contribution is -2.42. The van der Waals surface area contributed by atoms with Crippen molar-refractivity contribution in [2.75, 3.05) is 18.4 Å². The highest BCUT2D eigenvalue weighted by Gasteiger charge is 2.27. The highest BCUT2D eigenvalue weighted by Crippen LogP contribution is 2.17. The molecule has 0 saturated carbocycles. The molecule has 1 amide bonds. The molecule has 2 N–H and O–H groups in total. The number of hydrogen-bond donors (Lipinski definition) is 2. The highest BCUT2D eigenvalue weighted by molar-refractivity contribution is 5.90. The summed E-state index contributed by atoms with van der Waals surface area (Å²) < 4.78 is 0. The molecular formula is C16H22N2O3. The fourth-order valence-electron chi connectivity index (χ4n) is 2.71. The van der Waals surface area contributed by atoms with Gasteiger partial charge in [-0.05, 0) is 31.5 Å². The van der Waals surface area contributed by atoms with Gasteiger partial charge in [0, 0.05) is 18.7 Å². The predicted molar refractivity (Wildman–Crippen MR) is 81.2 cm³/mol. The van der Waals surface area contributed by atoms with E-state index in [0.717, 1.165) is 31.5 Å². The van der Waals surface area contributed by atoms with Crippen molar-refractivity contribution in [1.82, 2.24) is 4.90 Å². The third-order valence-electron chi connectivity index (χ3n) is 3.83. The molecule has 0 spiro atoms. The van der Waals surface area contributed by atoms with Crippen LogP contribution in [0.4, 0.5) is 5.69 Å². The molecule has 1 unspecified atom stereocenters. The Morgan fingerprint density at radius 1 is 1.19 bits per heavy atom. The molecule has 1 fully saturated rings. The molecule has 1 aliphatic rings. The van der Waals surface area contributed by atoms with Crippen molar-refractivity contribution in [3.8, 4) is 0 Å². The first-order chi connectivity index (χ1) is 10.2. The highest BCUT2D eigenvalue weighted by atomic mass is 16.4. The Balaban J connectivity index is 1.85. The standard InChI is InChI=1S/C16H22N2O3/c19-15(17-13-7-3-1-4-8-13)10-12-18-11-6-2-5-9-14(18)16(20)21/h1,3-4,7-8,14H,2,5-6,9-12H2,(H,17,19)(H,20,21). The van der Waals surface area contributed by atoms with Crippen molar-refractivity contribution < 1.29 is 14.7 Å². The molecule has 1 heterocycles. The van der Waals surface area contributed by atoms with E-state index >= 15 is 0 Å². The van der Waals surface area contributed by atoms with E-state index in [2.05, 4.69) is 5.32 Å². The second-order valence-corrected chi connectivity index (χ2v) is 5.40. The Hall–Kier alpha value is -1.88. The van der Waals surface area contributed by atoms with Gasteiger partial charge in [0.2, 0.25) is 5.91 Å². The Labute approximate surface area is 125 Å². The smallest absolute Gasteiger partial charge is 0.320 e. The van der Waals surface area contributed by atoms with Crippen LogP contribution >= 0.6 is 0 Å². The summed E-state index contributed by atoms with van der Waals surface area (Å²) in [5.41, 5.74) is 0.771. The summed E-state index contributed by atoms with van der Waals surface area (Å²) in [6.07, 6.45) is 4.01. The Kier molecular flexibility index (Phi) is 5.75. The van der Waals surface area contributed by atoms with E-state index in [1.807, 2.05) is 35.2 Å². The molecule has 5 nitrogen and oxygen atoms in total. The number of anilines is 1.